The predicted molar refractivity (Wildman–Crippen MR) is 119 cm³/mol. The summed E-state index contributed by atoms with van der Waals surface area (Å²) in [6.45, 7) is 5.47. The summed E-state index contributed by atoms with van der Waals surface area (Å²) < 4.78 is 11.2. The van der Waals surface area contributed by atoms with Crippen molar-refractivity contribution in [2.24, 2.45) is 0 Å². The molecule has 1 amide bonds. The van der Waals surface area contributed by atoms with Crippen LogP contribution in [-0.4, -0.2) is 25.7 Å². The fourth-order valence-corrected chi connectivity index (χ4v) is 3.03. The number of ether oxygens (including phenoxy) is 2. The van der Waals surface area contributed by atoms with Crippen LogP contribution in [0.25, 0.3) is 0 Å². The lowest BCUT2D eigenvalue weighted by Crippen LogP contribution is -2.18. The number of halogens is 2. The van der Waals surface area contributed by atoms with Crippen molar-refractivity contribution in [2.75, 3.05) is 25.1 Å². The third kappa shape index (κ3) is 6.87. The van der Waals surface area contributed by atoms with E-state index in [0.29, 0.717) is 53.4 Å². The molecule has 0 atom stereocenters. The molecule has 158 valence electrons. The van der Waals surface area contributed by atoms with E-state index >= 15 is 0 Å². The molecular weight excluding hydrogens is 425 g/mol. The van der Waals surface area contributed by atoms with E-state index in [-0.39, 0.29) is 5.57 Å². The molecule has 0 radical (unpaired) electrons. The molecule has 0 saturated heterocycles. The summed E-state index contributed by atoms with van der Waals surface area (Å²) in [6.07, 6.45) is 2.06. The van der Waals surface area contributed by atoms with Crippen molar-refractivity contribution >= 4 is 34.8 Å². The molecule has 0 spiro atoms. The Balaban J connectivity index is 1.95. The summed E-state index contributed by atoms with van der Waals surface area (Å²) in [7, 11) is 0. The highest BCUT2D eigenvalue weighted by Crippen LogP contribution is 2.28. The van der Waals surface area contributed by atoms with Crippen molar-refractivity contribution in [3.05, 3.63) is 63.8 Å². The minimum atomic E-state index is -0.561. The number of benzene rings is 2. The van der Waals surface area contributed by atoms with Gasteiger partial charge in [0.05, 0.1) is 23.9 Å². The largest absolute Gasteiger partial charge is 0.490 e. The Bertz CT molecular complexity index is 955. The van der Waals surface area contributed by atoms with Gasteiger partial charge in [-0.1, -0.05) is 29.3 Å². The van der Waals surface area contributed by atoms with Crippen LogP contribution in [0.1, 0.15) is 19.4 Å². The first-order chi connectivity index (χ1) is 14.5. The number of anilines is 1. The number of carbonyl (C=O) groups excluding carboxylic acids is 1. The maximum Gasteiger partial charge on any atom is 0.267 e. The van der Waals surface area contributed by atoms with Gasteiger partial charge in [0.15, 0.2) is 11.5 Å². The zero-order valence-electron chi connectivity index (χ0n) is 16.8. The number of nitrogens with one attached hydrogen (secondary N) is 2. The highest BCUT2D eigenvalue weighted by atomic mass is 35.5. The first-order valence-corrected chi connectivity index (χ1v) is 10.2. The van der Waals surface area contributed by atoms with E-state index in [1.165, 1.54) is 12.3 Å². The normalized spacial score (nSPS) is 10.8. The highest BCUT2D eigenvalue weighted by Gasteiger charge is 2.11. The van der Waals surface area contributed by atoms with Crippen LogP contribution in [0.15, 0.2) is 48.2 Å². The second-order valence-electron chi connectivity index (χ2n) is 6.10. The van der Waals surface area contributed by atoms with Gasteiger partial charge in [0.2, 0.25) is 0 Å². The third-order valence-electron chi connectivity index (χ3n) is 3.96. The Labute approximate surface area is 186 Å². The van der Waals surface area contributed by atoms with Gasteiger partial charge in [-0.3, -0.25) is 4.79 Å². The number of nitrogens with zero attached hydrogens (tertiary/aromatic N) is 1. The van der Waals surface area contributed by atoms with Crippen LogP contribution in [-0.2, 0) is 11.2 Å². The molecule has 2 aromatic carbocycles. The second-order valence-corrected chi connectivity index (χ2v) is 6.94. The molecule has 30 heavy (non-hydrogen) atoms. The van der Waals surface area contributed by atoms with Crippen molar-refractivity contribution in [1.29, 1.82) is 5.26 Å². The summed E-state index contributed by atoms with van der Waals surface area (Å²) in [4.78, 5) is 12.3. The van der Waals surface area contributed by atoms with Gasteiger partial charge >= 0.3 is 0 Å². The molecule has 6 nitrogen and oxygen atoms in total. The highest BCUT2D eigenvalue weighted by molar-refractivity contribution is 6.36. The zero-order valence-corrected chi connectivity index (χ0v) is 18.3. The van der Waals surface area contributed by atoms with Crippen molar-refractivity contribution in [2.45, 2.75) is 20.3 Å². The number of hydrogen-bond donors (Lipinski definition) is 2. The van der Waals surface area contributed by atoms with Crippen LogP contribution < -0.4 is 20.1 Å². The molecule has 0 aliphatic carbocycles. The lowest BCUT2D eigenvalue weighted by molar-refractivity contribution is -0.112. The molecule has 0 aromatic heterocycles. The summed E-state index contributed by atoms with van der Waals surface area (Å²) >= 11 is 11.9. The fourth-order valence-electron chi connectivity index (χ4n) is 2.57. The van der Waals surface area contributed by atoms with Gasteiger partial charge in [-0.25, -0.2) is 0 Å². The van der Waals surface area contributed by atoms with Gasteiger partial charge in [0.1, 0.15) is 11.6 Å². The maximum atomic E-state index is 12.3. The van der Waals surface area contributed by atoms with E-state index in [2.05, 4.69) is 10.6 Å². The number of carbonyl (C=O) groups is 1. The lowest BCUT2D eigenvalue weighted by atomic mass is 10.1. The van der Waals surface area contributed by atoms with E-state index in [0.717, 1.165) is 5.56 Å². The van der Waals surface area contributed by atoms with Crippen LogP contribution in [0.4, 0.5) is 5.69 Å². The van der Waals surface area contributed by atoms with Gasteiger partial charge in [0, 0.05) is 17.8 Å². The van der Waals surface area contributed by atoms with Crippen molar-refractivity contribution < 1.29 is 14.3 Å². The molecule has 0 saturated carbocycles. The van der Waals surface area contributed by atoms with Gasteiger partial charge in [-0.2, -0.15) is 5.26 Å². The molecule has 0 aliphatic heterocycles. The smallest absolute Gasteiger partial charge is 0.267 e. The minimum absolute atomic E-state index is 0.0669. The third-order valence-corrected chi connectivity index (χ3v) is 4.50. The number of amides is 1. The van der Waals surface area contributed by atoms with Crippen LogP contribution in [0.2, 0.25) is 10.0 Å². The molecule has 0 fully saturated rings. The average molecular weight is 448 g/mol. The fraction of sp³-hybridized carbons (Fsp3) is 0.273. The van der Waals surface area contributed by atoms with Crippen molar-refractivity contribution in [1.82, 2.24) is 5.32 Å². The Morgan fingerprint density at radius 2 is 1.83 bits per heavy atom. The summed E-state index contributed by atoms with van der Waals surface area (Å²) in [5, 5.41) is 15.6. The first-order valence-electron chi connectivity index (χ1n) is 9.47. The topological polar surface area (TPSA) is 83.4 Å². The Hall–Kier alpha value is -2.88. The van der Waals surface area contributed by atoms with E-state index in [4.69, 9.17) is 32.7 Å². The molecule has 0 aliphatic rings. The quantitative estimate of drug-likeness (QED) is 0.305. The molecule has 2 aromatic rings. The Morgan fingerprint density at radius 3 is 2.50 bits per heavy atom. The summed E-state index contributed by atoms with van der Waals surface area (Å²) in [6, 6.07) is 12.3. The minimum Gasteiger partial charge on any atom is -0.490 e. The number of hydrogen-bond acceptors (Lipinski definition) is 5. The number of nitriles is 1. The molecule has 2 N–H and O–H groups in total. The van der Waals surface area contributed by atoms with Crippen LogP contribution in [0, 0.1) is 11.3 Å². The summed E-state index contributed by atoms with van der Waals surface area (Å²) in [5.74, 6) is 0.846. The Morgan fingerprint density at radius 1 is 1.10 bits per heavy atom. The monoisotopic (exact) mass is 447 g/mol. The molecule has 0 heterocycles. The molecule has 2 rings (SSSR count). The second kappa shape index (κ2) is 12.0. The SMILES string of the molecule is CCOc1ccc(CCN/C=C(/C#N)C(=O)Nc2ccc(Cl)cc2Cl)cc1OCC. The van der Waals surface area contributed by atoms with Gasteiger partial charge < -0.3 is 20.1 Å². The standard InChI is InChI=1S/C22H23Cl2N3O3/c1-3-29-20-8-5-15(11-21(20)30-4-2)9-10-26-14-16(13-25)22(28)27-19-7-6-17(23)12-18(19)24/h5-8,11-12,14,26H,3-4,9-10H2,1-2H3,(H,27,28)/b16-14-. The van der Waals surface area contributed by atoms with E-state index in [1.807, 2.05) is 38.1 Å². The van der Waals surface area contributed by atoms with Gasteiger partial charge in [-0.05, 0) is 56.2 Å². The maximum absolute atomic E-state index is 12.3. The van der Waals surface area contributed by atoms with Crippen LogP contribution in [0.3, 0.4) is 0 Å². The zero-order chi connectivity index (χ0) is 21.9. The average Bonchev–Trinajstić information content (AvgIpc) is 2.72. The van der Waals surface area contributed by atoms with E-state index in [9.17, 15) is 10.1 Å². The molecule has 8 heteroatoms. The predicted octanol–water partition coefficient (Wildman–Crippen LogP) is 4.97. The number of rotatable bonds is 10. The Kier molecular flexibility index (Phi) is 9.33. The molecule has 0 unspecified atom stereocenters. The summed E-state index contributed by atoms with van der Waals surface area (Å²) in [5.41, 5.74) is 1.35. The van der Waals surface area contributed by atoms with Crippen LogP contribution >= 0.6 is 23.2 Å². The van der Waals surface area contributed by atoms with Gasteiger partial charge in [0.25, 0.3) is 5.91 Å². The van der Waals surface area contributed by atoms with Gasteiger partial charge in [-0.15, -0.1) is 0 Å². The molecule has 0 bridgehead atoms. The van der Waals surface area contributed by atoms with E-state index in [1.54, 1.807) is 12.1 Å². The lowest BCUT2D eigenvalue weighted by Gasteiger charge is -2.12. The molecular formula is C22H23Cl2N3O3. The van der Waals surface area contributed by atoms with E-state index < -0.39 is 5.91 Å². The first kappa shape index (κ1) is 23.4. The van der Waals surface area contributed by atoms with Crippen molar-refractivity contribution in [3.63, 3.8) is 0 Å². The van der Waals surface area contributed by atoms with Crippen molar-refractivity contribution in [3.8, 4) is 17.6 Å². The van der Waals surface area contributed by atoms with Crippen LogP contribution in [0.5, 0.6) is 11.5 Å².